The summed E-state index contributed by atoms with van der Waals surface area (Å²) in [5.41, 5.74) is 3.05. The predicted molar refractivity (Wildman–Crippen MR) is 96.2 cm³/mol. The highest BCUT2D eigenvalue weighted by molar-refractivity contribution is 5.91. The number of para-hydroxylation sites is 1. The minimum atomic E-state index is -1.07. The van der Waals surface area contributed by atoms with Crippen LogP contribution in [0.4, 0.5) is 0 Å². The number of hydrogen-bond donors (Lipinski definition) is 2. The van der Waals surface area contributed by atoms with Crippen LogP contribution in [0.5, 0.6) is 0 Å². The Hall–Kier alpha value is -2.11. The van der Waals surface area contributed by atoms with Crippen molar-refractivity contribution in [2.24, 2.45) is 5.92 Å². The Kier molecular flexibility index (Phi) is 3.93. The third kappa shape index (κ3) is 2.19. The smallest absolute Gasteiger partial charge is 0.320 e. The minimum absolute atomic E-state index is 0.0571. The Balaban J connectivity index is 2.06. The van der Waals surface area contributed by atoms with E-state index in [9.17, 15) is 9.90 Å². The molecule has 3 aliphatic rings. The summed E-state index contributed by atoms with van der Waals surface area (Å²) in [5, 5.41) is 11.6. The van der Waals surface area contributed by atoms with E-state index in [1.54, 1.807) is 0 Å². The number of H-pyrrole nitrogens is 1. The molecule has 132 valence electrons. The SMILES string of the molecule is CC=C1CN2CC[C@H]1[C@](CO)(C(=O)OC)c1[nH]c3ccccc3c1C2. The molecule has 1 fully saturated rings. The van der Waals surface area contributed by atoms with E-state index in [-0.39, 0.29) is 18.5 Å². The van der Waals surface area contributed by atoms with E-state index >= 15 is 0 Å². The number of carbonyl (C=O) groups is 1. The van der Waals surface area contributed by atoms with Gasteiger partial charge in [-0.3, -0.25) is 9.69 Å². The molecule has 1 unspecified atom stereocenters. The van der Waals surface area contributed by atoms with E-state index in [2.05, 4.69) is 22.0 Å². The Labute approximate surface area is 147 Å². The van der Waals surface area contributed by atoms with Crippen LogP contribution in [-0.4, -0.2) is 47.8 Å². The van der Waals surface area contributed by atoms with E-state index in [1.807, 2.05) is 25.1 Å². The number of aromatic amines is 1. The van der Waals surface area contributed by atoms with Gasteiger partial charge in [0.05, 0.1) is 13.7 Å². The molecule has 0 aliphatic carbocycles. The molecule has 0 radical (unpaired) electrons. The standard InChI is InChI=1S/C20H24N2O3/c1-3-13-10-22-9-8-16(13)20(12-23,19(24)25-2)18-15(11-22)14-6-4-5-7-17(14)21-18/h3-7,16,21,23H,8-12H2,1-2H3/t16-,20+/m1/s1. The lowest BCUT2D eigenvalue weighted by atomic mass is 9.65. The Morgan fingerprint density at radius 1 is 1.44 bits per heavy atom. The predicted octanol–water partition coefficient (Wildman–Crippen LogP) is 2.35. The highest BCUT2D eigenvalue weighted by Gasteiger charge is 2.54. The molecule has 1 saturated heterocycles. The summed E-state index contributed by atoms with van der Waals surface area (Å²) >= 11 is 0. The van der Waals surface area contributed by atoms with Crippen LogP contribution in [-0.2, 0) is 21.5 Å². The van der Waals surface area contributed by atoms with E-state index in [1.165, 1.54) is 12.7 Å². The highest BCUT2D eigenvalue weighted by Crippen LogP contribution is 2.47. The second-order valence-electron chi connectivity index (χ2n) is 7.06. The van der Waals surface area contributed by atoms with Crippen molar-refractivity contribution in [3.8, 4) is 0 Å². The number of nitrogens with one attached hydrogen (secondary N) is 1. The number of allylic oxidation sites excluding steroid dienone is 1. The van der Waals surface area contributed by atoms with E-state index in [0.29, 0.717) is 0 Å². The number of methoxy groups -OCH3 is 1. The van der Waals surface area contributed by atoms with Crippen LogP contribution in [0.1, 0.15) is 24.6 Å². The molecule has 2 N–H and O–H groups in total. The number of nitrogens with zero attached hydrogens (tertiary/aromatic N) is 1. The number of rotatable bonds is 2. The zero-order valence-electron chi connectivity index (χ0n) is 14.7. The van der Waals surface area contributed by atoms with Gasteiger partial charge in [0.2, 0.25) is 0 Å². The molecule has 25 heavy (non-hydrogen) atoms. The number of aliphatic hydroxyl groups excluding tert-OH is 1. The van der Waals surface area contributed by atoms with Gasteiger partial charge in [0.25, 0.3) is 0 Å². The molecule has 0 spiro atoms. The number of aromatic nitrogens is 1. The Bertz CT molecular complexity index is 854. The maximum absolute atomic E-state index is 13.0. The van der Waals surface area contributed by atoms with Crippen molar-refractivity contribution < 1.29 is 14.6 Å². The molecule has 3 atom stereocenters. The van der Waals surface area contributed by atoms with E-state index < -0.39 is 5.41 Å². The molecule has 0 amide bonds. The monoisotopic (exact) mass is 340 g/mol. The van der Waals surface area contributed by atoms with Gasteiger partial charge < -0.3 is 14.8 Å². The van der Waals surface area contributed by atoms with Gasteiger partial charge in [0.1, 0.15) is 5.41 Å². The molecule has 1 aromatic carbocycles. The van der Waals surface area contributed by atoms with E-state index in [4.69, 9.17) is 4.74 Å². The van der Waals surface area contributed by atoms with Crippen molar-refractivity contribution >= 4 is 16.9 Å². The lowest BCUT2D eigenvalue weighted by Crippen LogP contribution is -2.54. The molecule has 1 aromatic heterocycles. The van der Waals surface area contributed by atoms with E-state index in [0.717, 1.165) is 48.2 Å². The van der Waals surface area contributed by atoms with Gasteiger partial charge >= 0.3 is 5.97 Å². The molecule has 4 heterocycles. The molecule has 0 saturated carbocycles. The van der Waals surface area contributed by atoms with Gasteiger partial charge in [-0.15, -0.1) is 0 Å². The Morgan fingerprint density at radius 3 is 2.96 bits per heavy atom. The third-order valence-electron chi connectivity index (χ3n) is 5.99. The van der Waals surface area contributed by atoms with Crippen LogP contribution < -0.4 is 0 Å². The number of carbonyl (C=O) groups excluding carboxylic acids is 1. The maximum atomic E-state index is 13.0. The fourth-order valence-electron chi connectivity index (χ4n) is 4.76. The van der Waals surface area contributed by atoms with Crippen LogP contribution in [0.25, 0.3) is 10.9 Å². The van der Waals surface area contributed by atoms with Crippen LogP contribution in [0, 0.1) is 5.92 Å². The molecule has 3 aliphatic heterocycles. The van der Waals surface area contributed by atoms with Crippen molar-refractivity contribution in [1.82, 2.24) is 9.88 Å². The Morgan fingerprint density at radius 2 is 2.24 bits per heavy atom. The normalized spacial score (nSPS) is 30.1. The van der Waals surface area contributed by atoms with Gasteiger partial charge in [0, 0.05) is 35.6 Å². The molecular formula is C20H24N2O3. The summed E-state index contributed by atoms with van der Waals surface area (Å²) in [6.45, 7) is 4.27. The lowest BCUT2D eigenvalue weighted by molar-refractivity contribution is -0.152. The van der Waals surface area contributed by atoms with Crippen molar-refractivity contribution in [1.29, 1.82) is 0 Å². The first-order valence-corrected chi connectivity index (χ1v) is 8.82. The van der Waals surface area contributed by atoms with Crippen LogP contribution >= 0.6 is 0 Å². The zero-order valence-corrected chi connectivity index (χ0v) is 14.7. The second-order valence-corrected chi connectivity index (χ2v) is 7.06. The van der Waals surface area contributed by atoms with Crippen LogP contribution in [0.3, 0.4) is 0 Å². The average molecular weight is 340 g/mol. The number of ether oxygens (including phenoxy) is 1. The average Bonchev–Trinajstić information content (AvgIpc) is 2.99. The first-order valence-electron chi connectivity index (χ1n) is 8.82. The lowest BCUT2D eigenvalue weighted by Gasteiger charge is -2.46. The quantitative estimate of drug-likeness (QED) is 0.651. The zero-order chi connectivity index (χ0) is 17.6. The number of aliphatic hydroxyl groups is 1. The number of benzene rings is 1. The third-order valence-corrected chi connectivity index (χ3v) is 5.99. The highest BCUT2D eigenvalue weighted by atomic mass is 16.5. The molecule has 5 nitrogen and oxygen atoms in total. The summed E-state index contributed by atoms with van der Waals surface area (Å²) in [6, 6.07) is 8.10. The van der Waals surface area contributed by atoms with Gasteiger partial charge in [-0.2, -0.15) is 0 Å². The minimum Gasteiger partial charge on any atom is -0.468 e. The van der Waals surface area contributed by atoms with Gasteiger partial charge in [0.15, 0.2) is 0 Å². The molecule has 2 bridgehead atoms. The largest absolute Gasteiger partial charge is 0.468 e. The van der Waals surface area contributed by atoms with Crippen LogP contribution in [0.15, 0.2) is 35.9 Å². The van der Waals surface area contributed by atoms with Gasteiger partial charge in [-0.05, 0) is 31.5 Å². The number of fused-ring (bicyclic) bond motifs is 3. The van der Waals surface area contributed by atoms with Crippen molar-refractivity contribution in [2.45, 2.75) is 25.3 Å². The van der Waals surface area contributed by atoms with Crippen LogP contribution in [0.2, 0.25) is 0 Å². The second kappa shape index (κ2) is 6.00. The van der Waals surface area contributed by atoms with Crippen molar-refractivity contribution in [2.75, 3.05) is 26.8 Å². The fraction of sp³-hybridized carbons (Fsp3) is 0.450. The number of hydrogen-bond acceptors (Lipinski definition) is 4. The molecule has 5 heteroatoms. The first-order chi connectivity index (χ1) is 12.2. The molecule has 2 aromatic rings. The van der Waals surface area contributed by atoms with Gasteiger partial charge in [-0.1, -0.05) is 29.8 Å². The summed E-state index contributed by atoms with van der Waals surface area (Å²) < 4.78 is 5.22. The van der Waals surface area contributed by atoms with Crippen molar-refractivity contribution in [3.63, 3.8) is 0 Å². The van der Waals surface area contributed by atoms with Gasteiger partial charge in [-0.25, -0.2) is 0 Å². The fourth-order valence-corrected chi connectivity index (χ4v) is 4.76. The summed E-state index contributed by atoms with van der Waals surface area (Å²) in [7, 11) is 1.41. The molecule has 5 rings (SSSR count). The summed E-state index contributed by atoms with van der Waals surface area (Å²) in [5.74, 6) is -0.416. The summed E-state index contributed by atoms with van der Waals surface area (Å²) in [4.78, 5) is 18.9. The first kappa shape index (κ1) is 16.4. The number of piperidine rings is 1. The number of esters is 1. The van der Waals surface area contributed by atoms with Crippen molar-refractivity contribution in [3.05, 3.63) is 47.2 Å². The maximum Gasteiger partial charge on any atom is 0.320 e. The topological polar surface area (TPSA) is 65.6 Å². The molecular weight excluding hydrogens is 316 g/mol. The summed E-state index contributed by atoms with van der Waals surface area (Å²) in [6.07, 6.45) is 2.93.